The van der Waals surface area contributed by atoms with E-state index in [-0.39, 0.29) is 19.1 Å². The lowest BCUT2D eigenvalue weighted by Gasteiger charge is -2.30. The van der Waals surface area contributed by atoms with E-state index < -0.39 is 20.0 Å². The first-order valence-corrected chi connectivity index (χ1v) is 37.8. The molecule has 1 amide bonds. The molecule has 0 aliphatic heterocycles. The molecule has 0 fully saturated rings. The van der Waals surface area contributed by atoms with Crippen molar-refractivity contribution < 1.29 is 32.9 Å². The molecule has 9 heteroatoms. The number of nitrogens with zero attached hydrogens (tertiary/aromatic N) is 1. The fourth-order valence-electron chi connectivity index (χ4n) is 11.7. The van der Waals surface area contributed by atoms with Crippen molar-refractivity contribution >= 4 is 13.7 Å². The first-order valence-electron chi connectivity index (χ1n) is 36.4. The monoisotopic (exact) mass is 1150 g/mol. The number of hydrogen-bond acceptors (Lipinski definition) is 6. The van der Waals surface area contributed by atoms with Gasteiger partial charge in [0.25, 0.3) is 7.82 Å². The summed E-state index contributed by atoms with van der Waals surface area (Å²) in [6, 6.07) is -0.796. The molecule has 3 unspecified atom stereocenters. The Morgan fingerprint density at radius 3 is 0.850 bits per heavy atom. The van der Waals surface area contributed by atoms with Gasteiger partial charge in [-0.3, -0.25) is 9.36 Å². The van der Waals surface area contributed by atoms with Gasteiger partial charge in [0.2, 0.25) is 5.91 Å². The zero-order chi connectivity index (χ0) is 58.4. The second-order valence-electron chi connectivity index (χ2n) is 26.7. The predicted molar refractivity (Wildman–Crippen MR) is 349 cm³/mol. The minimum absolute atomic E-state index is 0.0168. The molecule has 3 atom stereocenters. The number of carbonyl (C=O) groups excluding carboxylic acids is 1. The topological polar surface area (TPSA) is 108 Å². The van der Waals surface area contributed by atoms with Gasteiger partial charge in [-0.25, -0.2) is 0 Å². The second kappa shape index (κ2) is 63.0. The van der Waals surface area contributed by atoms with Crippen LogP contribution in [0.2, 0.25) is 0 Å². The molecule has 0 saturated carbocycles. The lowest BCUT2D eigenvalue weighted by atomic mass is 10.0. The number of aliphatic hydroxyl groups is 1. The van der Waals surface area contributed by atoms with Crippen molar-refractivity contribution in [1.82, 2.24) is 5.32 Å². The van der Waals surface area contributed by atoms with Crippen molar-refractivity contribution in [3.05, 3.63) is 0 Å². The lowest BCUT2D eigenvalue weighted by Crippen LogP contribution is -2.46. The summed E-state index contributed by atoms with van der Waals surface area (Å²) in [4.78, 5) is 25.6. The fraction of sp³-hybridized carbons (Fsp3) is 0.986. The number of aliphatic hydroxyl groups excluding tert-OH is 1. The summed E-state index contributed by atoms with van der Waals surface area (Å²) in [5.74, 6) is -0.154. The predicted octanol–water partition coefficient (Wildman–Crippen LogP) is 22.5. The van der Waals surface area contributed by atoms with Crippen molar-refractivity contribution in [1.29, 1.82) is 0 Å². The zero-order valence-corrected chi connectivity index (χ0v) is 56.0. The highest BCUT2D eigenvalue weighted by Gasteiger charge is 2.24. The molecule has 480 valence electrons. The van der Waals surface area contributed by atoms with Crippen molar-refractivity contribution in [2.24, 2.45) is 0 Å². The Morgan fingerprint density at radius 1 is 0.388 bits per heavy atom. The van der Waals surface area contributed by atoms with E-state index in [1.807, 2.05) is 21.1 Å². The third-order valence-corrected chi connectivity index (χ3v) is 18.3. The number of rotatable bonds is 69. The Hall–Kier alpha value is -0.500. The number of likely N-dealkylation sites (N-methyl/N-ethyl adjacent to an activating group) is 1. The fourth-order valence-corrected chi connectivity index (χ4v) is 12.4. The highest BCUT2D eigenvalue weighted by atomic mass is 31.2. The quantitative estimate of drug-likeness (QED) is 0.0357. The SMILES string of the molecule is CCCCCCCCCCCCCCCCCCCCCCCCCCCCCCCCCCCCCCCCCCCC(=O)NC(COP(=O)([O-])OCC[N+](C)(C)C)C(O)CCCCCCCCCCCCCCCCCCC. The minimum atomic E-state index is -4.57. The maximum Gasteiger partial charge on any atom is 0.268 e. The van der Waals surface area contributed by atoms with Crippen LogP contribution in [0, 0.1) is 0 Å². The highest BCUT2D eigenvalue weighted by Crippen LogP contribution is 2.38. The molecule has 0 spiro atoms. The average molecular weight is 1150 g/mol. The van der Waals surface area contributed by atoms with E-state index in [1.54, 1.807) is 0 Å². The molecular weight excluding hydrogens is 1010 g/mol. The Labute approximate surface area is 501 Å². The van der Waals surface area contributed by atoms with Crippen LogP contribution in [0.3, 0.4) is 0 Å². The summed E-state index contributed by atoms with van der Waals surface area (Å²) < 4.78 is 23.5. The van der Waals surface area contributed by atoms with Gasteiger partial charge in [-0.2, -0.15) is 0 Å². The van der Waals surface area contributed by atoms with E-state index in [4.69, 9.17) is 9.05 Å². The summed E-state index contributed by atoms with van der Waals surface area (Å²) in [7, 11) is 1.33. The normalized spacial score (nSPS) is 13.5. The largest absolute Gasteiger partial charge is 0.756 e. The number of quaternary nitrogens is 1. The number of carbonyl (C=O) groups is 1. The van der Waals surface area contributed by atoms with Crippen LogP contribution < -0.4 is 10.2 Å². The Kier molecular flexibility index (Phi) is 62.6. The van der Waals surface area contributed by atoms with Gasteiger partial charge in [0.1, 0.15) is 13.2 Å². The highest BCUT2D eigenvalue weighted by molar-refractivity contribution is 7.45. The molecular formula is C71H145N2O6P. The van der Waals surface area contributed by atoms with Crippen LogP contribution in [0.15, 0.2) is 0 Å². The van der Waals surface area contributed by atoms with Crippen molar-refractivity contribution in [2.75, 3.05) is 40.9 Å². The maximum atomic E-state index is 13.0. The van der Waals surface area contributed by atoms with E-state index in [1.165, 1.54) is 334 Å². The molecule has 80 heavy (non-hydrogen) atoms. The molecule has 0 bridgehead atoms. The summed E-state index contributed by atoms with van der Waals surface area (Å²) in [5.41, 5.74) is 0. The van der Waals surface area contributed by atoms with Gasteiger partial charge in [-0.15, -0.1) is 0 Å². The number of hydrogen-bond donors (Lipinski definition) is 2. The number of phosphoric acid groups is 1. The molecule has 0 aliphatic carbocycles. The van der Waals surface area contributed by atoms with Crippen LogP contribution in [-0.2, 0) is 18.4 Å². The molecule has 0 aliphatic rings. The number of unbranched alkanes of at least 4 members (excludes halogenated alkanes) is 56. The van der Waals surface area contributed by atoms with Crippen LogP contribution in [0.5, 0.6) is 0 Å². The van der Waals surface area contributed by atoms with Gasteiger partial charge < -0.3 is 28.8 Å². The Bertz CT molecular complexity index is 1260. The number of amides is 1. The molecule has 0 radical (unpaired) electrons. The minimum Gasteiger partial charge on any atom is -0.756 e. The zero-order valence-electron chi connectivity index (χ0n) is 55.1. The smallest absolute Gasteiger partial charge is 0.268 e. The van der Waals surface area contributed by atoms with Gasteiger partial charge in [0.15, 0.2) is 0 Å². The average Bonchev–Trinajstić information content (AvgIpc) is 3.42. The maximum absolute atomic E-state index is 13.0. The standard InChI is InChI=1S/C71H145N2O6P/c1-6-8-10-12-14-16-18-20-22-24-25-26-27-28-29-30-31-32-33-34-35-36-37-38-39-40-41-42-43-44-45-46-47-49-51-53-55-57-59-61-63-65-71(75)72-69(68-79-80(76,77)78-67-66-73(3,4)5)70(74)64-62-60-58-56-54-52-50-48-23-21-19-17-15-13-11-9-7-2/h69-70,74H,6-68H2,1-5H3,(H-,72,75,76,77). The van der Waals surface area contributed by atoms with Gasteiger partial charge in [0, 0.05) is 6.42 Å². The molecule has 0 aromatic carbocycles. The Morgan fingerprint density at radius 2 is 0.613 bits per heavy atom. The third-order valence-electron chi connectivity index (χ3n) is 17.3. The second-order valence-corrected chi connectivity index (χ2v) is 28.1. The summed E-state index contributed by atoms with van der Waals surface area (Å²) in [5, 5.41) is 14.1. The van der Waals surface area contributed by atoms with Crippen LogP contribution >= 0.6 is 7.82 Å². The summed E-state index contributed by atoms with van der Waals surface area (Å²) in [6.45, 7) is 4.79. The molecule has 0 saturated heterocycles. The van der Waals surface area contributed by atoms with E-state index in [0.717, 1.165) is 38.5 Å². The van der Waals surface area contributed by atoms with E-state index in [9.17, 15) is 19.4 Å². The van der Waals surface area contributed by atoms with Gasteiger partial charge in [-0.1, -0.05) is 380 Å². The van der Waals surface area contributed by atoms with Crippen LogP contribution in [0.1, 0.15) is 399 Å². The first kappa shape index (κ1) is 79.5. The Balaban J connectivity index is 3.80. The van der Waals surface area contributed by atoms with Crippen molar-refractivity contribution in [2.45, 2.75) is 411 Å². The van der Waals surface area contributed by atoms with Gasteiger partial charge in [0.05, 0.1) is 39.9 Å². The molecule has 8 nitrogen and oxygen atoms in total. The third kappa shape index (κ3) is 65.1. The molecule has 0 aromatic rings. The van der Waals surface area contributed by atoms with Crippen molar-refractivity contribution in [3.8, 4) is 0 Å². The van der Waals surface area contributed by atoms with E-state index >= 15 is 0 Å². The first-order chi connectivity index (χ1) is 39.0. The van der Waals surface area contributed by atoms with Gasteiger partial charge in [-0.05, 0) is 12.8 Å². The molecule has 0 aromatic heterocycles. The summed E-state index contributed by atoms with van der Waals surface area (Å²) in [6.07, 6.45) is 79.3. The lowest BCUT2D eigenvalue weighted by molar-refractivity contribution is -0.870. The van der Waals surface area contributed by atoms with Crippen molar-refractivity contribution in [3.63, 3.8) is 0 Å². The van der Waals surface area contributed by atoms with E-state index in [2.05, 4.69) is 19.2 Å². The molecule has 0 rings (SSSR count). The van der Waals surface area contributed by atoms with Crippen LogP contribution in [0.4, 0.5) is 0 Å². The number of phosphoric ester groups is 1. The van der Waals surface area contributed by atoms with E-state index in [0.29, 0.717) is 23.9 Å². The molecule has 0 heterocycles. The van der Waals surface area contributed by atoms with Crippen LogP contribution in [-0.4, -0.2) is 68.5 Å². The van der Waals surface area contributed by atoms with Crippen LogP contribution in [0.25, 0.3) is 0 Å². The summed E-state index contributed by atoms with van der Waals surface area (Å²) >= 11 is 0. The number of nitrogens with one attached hydrogen (secondary N) is 1. The molecule has 2 N–H and O–H groups in total. The van der Waals surface area contributed by atoms with Gasteiger partial charge >= 0.3 is 0 Å².